The molecular formula is C17H26N6O2. The fraction of sp³-hybridized carbons (Fsp3) is 0.529. The summed E-state index contributed by atoms with van der Waals surface area (Å²) in [5.74, 6) is 0.423. The number of amides is 1. The van der Waals surface area contributed by atoms with E-state index in [1.54, 1.807) is 11.0 Å². The minimum absolute atomic E-state index is 0.0275. The largest absolute Gasteiger partial charge is 0.507 e. The van der Waals surface area contributed by atoms with Crippen LogP contribution in [0.5, 0.6) is 5.75 Å². The number of aromatic hydroxyl groups is 1. The lowest BCUT2D eigenvalue weighted by atomic mass is 10.0. The van der Waals surface area contributed by atoms with Crippen molar-refractivity contribution in [2.75, 3.05) is 33.7 Å². The standard InChI is InChI=1S/C17H26N6O2/c1-12-10-13(2)16(14(24)11-12)17(25)23(8-5-7-22(3)4)9-6-15-18-20-21-19-15/h10-11,24H,5-9H2,1-4H3,(H,18,19,20,21). The number of H-pyrrole nitrogens is 1. The minimum Gasteiger partial charge on any atom is -0.507 e. The van der Waals surface area contributed by atoms with Gasteiger partial charge in [-0.25, -0.2) is 0 Å². The van der Waals surface area contributed by atoms with Crippen LogP contribution in [0.15, 0.2) is 12.1 Å². The van der Waals surface area contributed by atoms with Gasteiger partial charge in [-0.3, -0.25) is 4.79 Å². The number of aromatic amines is 1. The first-order valence-electron chi connectivity index (χ1n) is 8.35. The average molecular weight is 346 g/mol. The van der Waals surface area contributed by atoms with Crippen LogP contribution >= 0.6 is 0 Å². The van der Waals surface area contributed by atoms with Crippen molar-refractivity contribution >= 4 is 5.91 Å². The number of aromatic nitrogens is 4. The lowest BCUT2D eigenvalue weighted by molar-refractivity contribution is 0.0747. The zero-order valence-electron chi connectivity index (χ0n) is 15.3. The number of carbonyl (C=O) groups is 1. The van der Waals surface area contributed by atoms with Crippen LogP contribution in [0.25, 0.3) is 0 Å². The van der Waals surface area contributed by atoms with Crippen LogP contribution in [-0.4, -0.2) is 75.2 Å². The normalized spacial score (nSPS) is 11.1. The fourth-order valence-corrected chi connectivity index (χ4v) is 2.80. The van der Waals surface area contributed by atoms with Gasteiger partial charge in [0, 0.05) is 19.5 Å². The van der Waals surface area contributed by atoms with Crippen LogP contribution in [0.3, 0.4) is 0 Å². The summed E-state index contributed by atoms with van der Waals surface area (Å²) >= 11 is 0. The molecule has 0 bridgehead atoms. The molecule has 1 aromatic carbocycles. The summed E-state index contributed by atoms with van der Waals surface area (Å²) in [6.45, 7) is 5.69. The molecule has 1 amide bonds. The number of benzene rings is 1. The van der Waals surface area contributed by atoms with E-state index in [4.69, 9.17) is 0 Å². The second-order valence-electron chi connectivity index (χ2n) is 6.50. The summed E-state index contributed by atoms with van der Waals surface area (Å²) in [7, 11) is 4.00. The van der Waals surface area contributed by atoms with E-state index < -0.39 is 0 Å². The number of carbonyl (C=O) groups excluding carboxylic acids is 1. The van der Waals surface area contributed by atoms with Gasteiger partial charge in [0.15, 0.2) is 5.82 Å². The zero-order valence-corrected chi connectivity index (χ0v) is 15.3. The second-order valence-corrected chi connectivity index (χ2v) is 6.50. The predicted octanol–water partition coefficient (Wildman–Crippen LogP) is 1.16. The third-order valence-electron chi connectivity index (χ3n) is 3.99. The smallest absolute Gasteiger partial charge is 0.257 e. The first kappa shape index (κ1) is 18.9. The molecule has 0 fully saturated rings. The second kappa shape index (κ2) is 8.57. The molecule has 1 heterocycles. The van der Waals surface area contributed by atoms with Crippen LogP contribution in [0.1, 0.15) is 33.7 Å². The van der Waals surface area contributed by atoms with Gasteiger partial charge in [-0.15, -0.1) is 10.2 Å². The van der Waals surface area contributed by atoms with Crippen molar-refractivity contribution in [2.45, 2.75) is 26.7 Å². The molecule has 8 nitrogen and oxygen atoms in total. The van der Waals surface area contributed by atoms with Gasteiger partial charge >= 0.3 is 0 Å². The average Bonchev–Trinajstić information content (AvgIpc) is 3.02. The number of phenols is 1. The van der Waals surface area contributed by atoms with Gasteiger partial charge in [0.2, 0.25) is 0 Å². The highest BCUT2D eigenvalue weighted by atomic mass is 16.3. The van der Waals surface area contributed by atoms with E-state index in [1.165, 1.54) is 0 Å². The van der Waals surface area contributed by atoms with E-state index in [9.17, 15) is 9.90 Å². The summed E-state index contributed by atoms with van der Waals surface area (Å²) in [6, 6.07) is 3.53. The molecule has 1 aromatic heterocycles. The van der Waals surface area contributed by atoms with Gasteiger partial charge in [0.1, 0.15) is 5.75 Å². The molecule has 0 radical (unpaired) electrons. The van der Waals surface area contributed by atoms with E-state index in [0.29, 0.717) is 30.9 Å². The third kappa shape index (κ3) is 5.25. The highest BCUT2D eigenvalue weighted by molar-refractivity contribution is 5.98. The maximum Gasteiger partial charge on any atom is 0.257 e. The van der Waals surface area contributed by atoms with E-state index in [-0.39, 0.29) is 11.7 Å². The van der Waals surface area contributed by atoms with Gasteiger partial charge in [-0.2, -0.15) is 5.21 Å². The van der Waals surface area contributed by atoms with Crippen molar-refractivity contribution in [1.29, 1.82) is 0 Å². The molecule has 0 unspecified atom stereocenters. The maximum absolute atomic E-state index is 13.0. The fourth-order valence-electron chi connectivity index (χ4n) is 2.80. The number of hydrogen-bond donors (Lipinski definition) is 2. The van der Waals surface area contributed by atoms with E-state index in [1.807, 2.05) is 34.0 Å². The molecule has 0 aliphatic rings. The van der Waals surface area contributed by atoms with Crippen LogP contribution in [0.2, 0.25) is 0 Å². The Kier molecular flexibility index (Phi) is 6.46. The van der Waals surface area contributed by atoms with Crippen LogP contribution < -0.4 is 0 Å². The summed E-state index contributed by atoms with van der Waals surface area (Å²) in [5.41, 5.74) is 2.07. The van der Waals surface area contributed by atoms with E-state index in [0.717, 1.165) is 24.1 Å². The first-order chi connectivity index (χ1) is 11.9. The Labute approximate surface area is 147 Å². The maximum atomic E-state index is 13.0. The van der Waals surface area contributed by atoms with Gasteiger partial charge < -0.3 is 14.9 Å². The Hall–Kier alpha value is -2.48. The highest BCUT2D eigenvalue weighted by Crippen LogP contribution is 2.24. The number of nitrogens with zero attached hydrogens (tertiary/aromatic N) is 5. The van der Waals surface area contributed by atoms with Crippen molar-refractivity contribution in [1.82, 2.24) is 30.4 Å². The molecule has 136 valence electrons. The Bertz CT molecular complexity index is 676. The number of nitrogens with one attached hydrogen (secondary N) is 1. The van der Waals surface area contributed by atoms with Crippen molar-refractivity contribution in [2.24, 2.45) is 0 Å². The summed E-state index contributed by atoms with van der Waals surface area (Å²) in [6.07, 6.45) is 1.35. The van der Waals surface area contributed by atoms with Crippen molar-refractivity contribution in [3.63, 3.8) is 0 Å². The minimum atomic E-state index is -0.169. The lowest BCUT2D eigenvalue weighted by Gasteiger charge is -2.24. The van der Waals surface area contributed by atoms with E-state index >= 15 is 0 Å². The molecule has 0 saturated carbocycles. The quantitative estimate of drug-likeness (QED) is 0.744. The molecule has 2 N–H and O–H groups in total. The van der Waals surface area contributed by atoms with E-state index in [2.05, 4.69) is 25.5 Å². The number of hydrogen-bond acceptors (Lipinski definition) is 6. The Morgan fingerprint density at radius 2 is 1.96 bits per heavy atom. The first-order valence-corrected chi connectivity index (χ1v) is 8.35. The van der Waals surface area contributed by atoms with Gasteiger partial charge in [0.25, 0.3) is 5.91 Å². The SMILES string of the molecule is Cc1cc(C)c(C(=O)N(CCCN(C)C)CCc2nn[nH]n2)c(O)c1. The molecule has 0 atom stereocenters. The number of rotatable bonds is 8. The van der Waals surface area contributed by atoms with Crippen LogP contribution in [-0.2, 0) is 6.42 Å². The molecule has 0 aliphatic heterocycles. The Balaban J connectivity index is 2.16. The number of aryl methyl sites for hydroxylation is 2. The third-order valence-corrected chi connectivity index (χ3v) is 3.99. The molecule has 0 spiro atoms. The number of tetrazole rings is 1. The van der Waals surface area contributed by atoms with Crippen molar-refractivity contribution in [3.05, 3.63) is 34.6 Å². The zero-order chi connectivity index (χ0) is 18.4. The molecular weight excluding hydrogens is 320 g/mol. The van der Waals surface area contributed by atoms with Gasteiger partial charge in [-0.05, 0) is 58.1 Å². The summed E-state index contributed by atoms with van der Waals surface area (Å²) < 4.78 is 0. The highest BCUT2D eigenvalue weighted by Gasteiger charge is 2.21. The molecule has 0 saturated heterocycles. The molecule has 2 aromatic rings. The Morgan fingerprint density at radius 1 is 1.20 bits per heavy atom. The monoisotopic (exact) mass is 346 g/mol. The Morgan fingerprint density at radius 3 is 2.56 bits per heavy atom. The number of phenolic OH excluding ortho intramolecular Hbond substituents is 1. The summed E-state index contributed by atoms with van der Waals surface area (Å²) in [5, 5.41) is 24.1. The van der Waals surface area contributed by atoms with Gasteiger partial charge in [0.05, 0.1) is 5.56 Å². The van der Waals surface area contributed by atoms with Crippen molar-refractivity contribution in [3.8, 4) is 5.75 Å². The van der Waals surface area contributed by atoms with Crippen LogP contribution in [0.4, 0.5) is 0 Å². The molecule has 0 aliphatic carbocycles. The molecule has 8 heteroatoms. The topological polar surface area (TPSA) is 98.2 Å². The van der Waals surface area contributed by atoms with Gasteiger partial charge in [-0.1, -0.05) is 11.3 Å². The predicted molar refractivity (Wildman–Crippen MR) is 94.5 cm³/mol. The summed E-state index contributed by atoms with van der Waals surface area (Å²) in [4.78, 5) is 16.8. The molecule has 25 heavy (non-hydrogen) atoms. The molecule has 2 rings (SSSR count). The lowest BCUT2D eigenvalue weighted by Crippen LogP contribution is -2.35. The van der Waals surface area contributed by atoms with Crippen molar-refractivity contribution < 1.29 is 9.90 Å². The van der Waals surface area contributed by atoms with Crippen LogP contribution in [0, 0.1) is 13.8 Å².